The molecule has 6 heteroatoms. The number of nitrogens with zero attached hydrogens (tertiary/aromatic N) is 1. The summed E-state index contributed by atoms with van der Waals surface area (Å²) in [4.78, 5) is 0. The minimum Gasteiger partial charge on any atom is -0.389 e. The van der Waals surface area contributed by atoms with Crippen molar-refractivity contribution in [3.63, 3.8) is 0 Å². The Morgan fingerprint density at radius 3 is 2.10 bits per heavy atom. The van der Waals surface area contributed by atoms with Crippen molar-refractivity contribution >= 4 is 10.0 Å². The van der Waals surface area contributed by atoms with Crippen LogP contribution in [0, 0.1) is 11.3 Å². The van der Waals surface area contributed by atoms with E-state index in [-0.39, 0.29) is 5.75 Å². The van der Waals surface area contributed by atoms with E-state index in [1.54, 1.807) is 52.0 Å². The first-order chi connectivity index (χ1) is 8.97. The number of nitriles is 1. The van der Waals surface area contributed by atoms with Gasteiger partial charge in [0.2, 0.25) is 10.0 Å². The first-order valence-corrected chi connectivity index (χ1v) is 7.85. The van der Waals surface area contributed by atoms with E-state index in [1.165, 1.54) is 0 Å². The Balaban J connectivity index is 2.88. The van der Waals surface area contributed by atoms with Crippen LogP contribution in [0.2, 0.25) is 0 Å². The Hall–Kier alpha value is -1.42. The van der Waals surface area contributed by atoms with E-state index in [9.17, 15) is 13.5 Å². The third-order valence-corrected chi connectivity index (χ3v) is 4.91. The zero-order valence-corrected chi connectivity index (χ0v) is 13.0. The molecule has 0 aliphatic carbocycles. The highest BCUT2D eigenvalue weighted by Gasteiger charge is 2.38. The van der Waals surface area contributed by atoms with Crippen LogP contribution in [0.25, 0.3) is 0 Å². The molecule has 0 atom stereocenters. The van der Waals surface area contributed by atoms with Crippen LogP contribution in [0.5, 0.6) is 0 Å². The molecule has 1 aromatic carbocycles. The molecule has 0 radical (unpaired) electrons. The highest BCUT2D eigenvalue weighted by atomic mass is 32.2. The van der Waals surface area contributed by atoms with Crippen LogP contribution in [-0.2, 0) is 15.8 Å². The number of hydrogen-bond donors (Lipinski definition) is 2. The average Bonchev–Trinajstić information content (AvgIpc) is 2.26. The third kappa shape index (κ3) is 4.30. The summed E-state index contributed by atoms with van der Waals surface area (Å²) in [6, 6.07) is 8.34. The summed E-state index contributed by atoms with van der Waals surface area (Å²) < 4.78 is 26.8. The zero-order valence-electron chi connectivity index (χ0n) is 12.1. The van der Waals surface area contributed by atoms with Gasteiger partial charge >= 0.3 is 0 Å². The van der Waals surface area contributed by atoms with Gasteiger partial charge in [0.15, 0.2) is 0 Å². The monoisotopic (exact) mass is 296 g/mol. The normalized spacial score (nSPS) is 13.0. The van der Waals surface area contributed by atoms with E-state index in [0.29, 0.717) is 11.1 Å². The van der Waals surface area contributed by atoms with E-state index in [2.05, 4.69) is 4.72 Å². The van der Waals surface area contributed by atoms with Gasteiger partial charge in [-0.1, -0.05) is 12.1 Å². The van der Waals surface area contributed by atoms with E-state index in [1.807, 2.05) is 6.07 Å². The standard InChI is InChI=1S/C14H20N2O3S/c1-13(2,14(3,4)17)16-20(18,19)10-12-7-5-11(9-15)6-8-12/h5-8,16-17H,10H2,1-4H3. The minimum atomic E-state index is -3.59. The molecule has 0 heterocycles. The van der Waals surface area contributed by atoms with Crippen LogP contribution >= 0.6 is 0 Å². The Morgan fingerprint density at radius 1 is 1.20 bits per heavy atom. The third-order valence-electron chi connectivity index (χ3n) is 3.38. The maximum absolute atomic E-state index is 12.1. The molecule has 0 saturated heterocycles. The molecule has 110 valence electrons. The smallest absolute Gasteiger partial charge is 0.216 e. The van der Waals surface area contributed by atoms with Crippen LogP contribution in [0.1, 0.15) is 38.8 Å². The number of rotatable bonds is 5. The molecule has 0 fully saturated rings. The molecule has 20 heavy (non-hydrogen) atoms. The summed E-state index contributed by atoms with van der Waals surface area (Å²) in [6.07, 6.45) is 0. The summed E-state index contributed by atoms with van der Waals surface area (Å²) >= 11 is 0. The van der Waals surface area contributed by atoms with Crippen molar-refractivity contribution in [1.82, 2.24) is 4.72 Å². The van der Waals surface area contributed by atoms with Gasteiger partial charge in [-0.3, -0.25) is 0 Å². The number of hydrogen-bond acceptors (Lipinski definition) is 4. The van der Waals surface area contributed by atoms with Gasteiger partial charge in [-0.2, -0.15) is 5.26 Å². The summed E-state index contributed by atoms with van der Waals surface area (Å²) in [5.74, 6) is -0.196. The summed E-state index contributed by atoms with van der Waals surface area (Å²) in [6.45, 7) is 6.36. The second-order valence-electron chi connectivity index (χ2n) is 5.85. The van der Waals surface area contributed by atoms with Crippen LogP contribution in [0.4, 0.5) is 0 Å². The molecule has 0 unspecified atom stereocenters. The van der Waals surface area contributed by atoms with Crippen molar-refractivity contribution in [3.8, 4) is 6.07 Å². The maximum atomic E-state index is 12.1. The fourth-order valence-corrected chi connectivity index (χ4v) is 3.18. The second-order valence-corrected chi connectivity index (χ2v) is 7.58. The van der Waals surface area contributed by atoms with Crippen molar-refractivity contribution in [1.29, 1.82) is 5.26 Å². The first kappa shape index (κ1) is 16.6. The Bertz CT molecular complexity index is 605. The topological polar surface area (TPSA) is 90.2 Å². The summed E-state index contributed by atoms with van der Waals surface area (Å²) in [5.41, 5.74) is -1.11. The van der Waals surface area contributed by atoms with Crippen molar-refractivity contribution in [2.24, 2.45) is 0 Å². The van der Waals surface area contributed by atoms with Crippen LogP contribution in [0.3, 0.4) is 0 Å². The van der Waals surface area contributed by atoms with Crippen LogP contribution in [0.15, 0.2) is 24.3 Å². The molecule has 0 amide bonds. The van der Waals surface area contributed by atoms with Crippen LogP contribution in [-0.4, -0.2) is 24.7 Å². The van der Waals surface area contributed by atoms with Crippen LogP contribution < -0.4 is 4.72 Å². The number of aliphatic hydroxyl groups is 1. The summed E-state index contributed by atoms with van der Waals surface area (Å²) in [5, 5.41) is 18.7. The van der Waals surface area contributed by atoms with Crippen molar-refractivity contribution in [2.75, 3.05) is 0 Å². The van der Waals surface area contributed by atoms with Gasteiger partial charge in [0, 0.05) is 0 Å². The van der Waals surface area contributed by atoms with Gasteiger partial charge in [0.1, 0.15) is 0 Å². The van der Waals surface area contributed by atoms with E-state index in [4.69, 9.17) is 5.26 Å². The van der Waals surface area contributed by atoms with E-state index < -0.39 is 21.2 Å². The average molecular weight is 296 g/mol. The van der Waals surface area contributed by atoms with E-state index in [0.717, 1.165) is 0 Å². The fraction of sp³-hybridized carbons (Fsp3) is 0.500. The Morgan fingerprint density at radius 2 is 1.70 bits per heavy atom. The molecular weight excluding hydrogens is 276 g/mol. The molecule has 5 nitrogen and oxygen atoms in total. The first-order valence-electron chi connectivity index (χ1n) is 6.20. The Kier molecular flexibility index (Phi) is 4.59. The molecule has 1 aromatic rings. The number of sulfonamides is 1. The van der Waals surface area contributed by atoms with Gasteiger partial charge in [-0.05, 0) is 45.4 Å². The van der Waals surface area contributed by atoms with Gasteiger partial charge in [0.05, 0.1) is 28.5 Å². The van der Waals surface area contributed by atoms with Crippen molar-refractivity contribution in [2.45, 2.75) is 44.6 Å². The molecule has 2 N–H and O–H groups in total. The molecule has 0 aromatic heterocycles. The van der Waals surface area contributed by atoms with Gasteiger partial charge < -0.3 is 5.11 Å². The predicted molar refractivity (Wildman–Crippen MR) is 77.3 cm³/mol. The molecule has 0 saturated carbocycles. The van der Waals surface area contributed by atoms with E-state index >= 15 is 0 Å². The molecular formula is C14H20N2O3S. The highest BCUT2D eigenvalue weighted by Crippen LogP contribution is 2.22. The summed E-state index contributed by atoms with van der Waals surface area (Å²) in [7, 11) is -3.59. The number of benzene rings is 1. The highest BCUT2D eigenvalue weighted by molar-refractivity contribution is 7.88. The second kappa shape index (κ2) is 5.52. The Labute approximate surface area is 120 Å². The lowest BCUT2D eigenvalue weighted by Crippen LogP contribution is -2.57. The molecule has 0 spiro atoms. The lowest BCUT2D eigenvalue weighted by atomic mass is 9.87. The van der Waals surface area contributed by atoms with Crippen molar-refractivity contribution in [3.05, 3.63) is 35.4 Å². The molecule has 0 bridgehead atoms. The maximum Gasteiger partial charge on any atom is 0.216 e. The van der Waals surface area contributed by atoms with Gasteiger partial charge in [-0.15, -0.1) is 0 Å². The lowest BCUT2D eigenvalue weighted by molar-refractivity contribution is 0.00636. The molecule has 1 rings (SSSR count). The number of nitrogens with one attached hydrogen (secondary N) is 1. The van der Waals surface area contributed by atoms with Gasteiger partial charge in [0.25, 0.3) is 0 Å². The molecule has 0 aliphatic rings. The predicted octanol–water partition coefficient (Wildman–Crippen LogP) is 1.53. The van der Waals surface area contributed by atoms with Gasteiger partial charge in [-0.25, -0.2) is 13.1 Å². The quantitative estimate of drug-likeness (QED) is 0.862. The zero-order chi connectivity index (χ0) is 15.6. The molecule has 0 aliphatic heterocycles. The van der Waals surface area contributed by atoms with Crippen molar-refractivity contribution < 1.29 is 13.5 Å². The fourth-order valence-electron chi connectivity index (χ4n) is 1.44. The SMILES string of the molecule is CC(C)(O)C(C)(C)NS(=O)(=O)Cc1ccc(C#N)cc1. The minimum absolute atomic E-state index is 0.196. The largest absolute Gasteiger partial charge is 0.389 e. The lowest BCUT2D eigenvalue weighted by Gasteiger charge is -2.37.